The lowest BCUT2D eigenvalue weighted by Gasteiger charge is -2.52. The molecule has 0 radical (unpaired) electrons. The number of rotatable bonds is 3. The van der Waals surface area contributed by atoms with E-state index in [2.05, 4.69) is 29.2 Å². The summed E-state index contributed by atoms with van der Waals surface area (Å²) >= 11 is 0. The average Bonchev–Trinajstić information content (AvgIpc) is 3.10. The van der Waals surface area contributed by atoms with Crippen LogP contribution in [-0.2, 0) is 25.5 Å². The van der Waals surface area contributed by atoms with Crippen molar-refractivity contribution < 1.29 is 19.0 Å². The molecule has 1 aromatic carbocycles. The number of benzene rings is 1. The molecule has 1 aromatic rings. The molecule has 2 saturated heterocycles. The predicted octanol–water partition coefficient (Wildman–Crippen LogP) is 2.59. The fourth-order valence-corrected chi connectivity index (χ4v) is 4.97. The molecule has 1 aliphatic carbocycles. The molecule has 0 unspecified atom stereocenters. The maximum absolute atomic E-state index is 12.8. The molecule has 0 N–H and O–H groups in total. The number of esters is 1. The largest absolute Gasteiger partial charge is 0.469 e. The third-order valence-electron chi connectivity index (χ3n) is 6.24. The Morgan fingerprint density at radius 3 is 2.72 bits per heavy atom. The standard InChI is InChI=1S/C20H27NO4/c1-23-18(22)19-8-9-20(24-11-12-25-20)13-17(19)7-10-21(15-19)14-16-5-3-2-4-6-16/h2-6,17H,7-15H2,1H3/t17-,19+/m0/s1. The zero-order chi connectivity index (χ0) is 17.3. The van der Waals surface area contributed by atoms with E-state index in [-0.39, 0.29) is 11.9 Å². The summed E-state index contributed by atoms with van der Waals surface area (Å²) in [4.78, 5) is 15.2. The van der Waals surface area contributed by atoms with Crippen molar-refractivity contribution in [2.24, 2.45) is 11.3 Å². The Morgan fingerprint density at radius 2 is 2.00 bits per heavy atom. The quantitative estimate of drug-likeness (QED) is 0.788. The van der Waals surface area contributed by atoms with E-state index in [0.29, 0.717) is 13.2 Å². The minimum Gasteiger partial charge on any atom is -0.469 e. The Hall–Kier alpha value is -1.43. The summed E-state index contributed by atoms with van der Waals surface area (Å²) in [5.74, 6) is -0.258. The second kappa shape index (κ2) is 6.71. The van der Waals surface area contributed by atoms with E-state index < -0.39 is 11.2 Å². The molecule has 5 nitrogen and oxygen atoms in total. The molecule has 1 saturated carbocycles. The van der Waals surface area contributed by atoms with Crippen molar-refractivity contribution >= 4 is 5.97 Å². The molecule has 2 aliphatic heterocycles. The Labute approximate surface area is 149 Å². The van der Waals surface area contributed by atoms with Gasteiger partial charge >= 0.3 is 5.97 Å². The van der Waals surface area contributed by atoms with Crippen LogP contribution in [0.3, 0.4) is 0 Å². The van der Waals surface area contributed by atoms with Crippen LogP contribution < -0.4 is 0 Å². The average molecular weight is 345 g/mol. The molecule has 2 heterocycles. The highest BCUT2D eigenvalue weighted by molar-refractivity contribution is 5.78. The van der Waals surface area contributed by atoms with Crippen LogP contribution in [0.1, 0.15) is 31.2 Å². The second-order valence-corrected chi connectivity index (χ2v) is 7.64. The first-order chi connectivity index (χ1) is 12.2. The number of likely N-dealkylation sites (tertiary alicyclic amines) is 1. The fraction of sp³-hybridized carbons (Fsp3) is 0.650. The summed E-state index contributed by atoms with van der Waals surface area (Å²) in [6.07, 6.45) is 3.34. The first kappa shape index (κ1) is 17.0. The molecule has 1 spiro atoms. The predicted molar refractivity (Wildman–Crippen MR) is 92.8 cm³/mol. The zero-order valence-electron chi connectivity index (χ0n) is 14.9. The third kappa shape index (κ3) is 3.09. The van der Waals surface area contributed by atoms with Gasteiger partial charge in [0.25, 0.3) is 0 Å². The molecule has 0 bridgehead atoms. The lowest BCUT2D eigenvalue weighted by atomic mass is 9.61. The van der Waals surface area contributed by atoms with Gasteiger partial charge in [-0.25, -0.2) is 0 Å². The first-order valence-electron chi connectivity index (χ1n) is 9.28. The van der Waals surface area contributed by atoms with Gasteiger partial charge in [-0.1, -0.05) is 30.3 Å². The summed E-state index contributed by atoms with van der Waals surface area (Å²) < 4.78 is 17.1. The lowest BCUT2D eigenvalue weighted by Crippen LogP contribution is -2.58. The van der Waals surface area contributed by atoms with Crippen LogP contribution in [-0.4, -0.2) is 50.1 Å². The van der Waals surface area contributed by atoms with Crippen molar-refractivity contribution in [1.29, 1.82) is 0 Å². The number of fused-ring (bicyclic) bond motifs is 1. The molecule has 3 fully saturated rings. The SMILES string of the molecule is COC(=O)[C@@]12CCC3(C[C@@H]1CCN(Cc1ccccc1)C2)OCCO3. The van der Waals surface area contributed by atoms with Gasteiger partial charge in [-0.2, -0.15) is 0 Å². The van der Waals surface area contributed by atoms with Gasteiger partial charge in [-0.15, -0.1) is 0 Å². The fourth-order valence-electron chi connectivity index (χ4n) is 4.97. The van der Waals surface area contributed by atoms with E-state index in [1.807, 2.05) is 6.07 Å². The van der Waals surface area contributed by atoms with E-state index in [9.17, 15) is 4.79 Å². The molecule has 2 atom stereocenters. The van der Waals surface area contributed by atoms with Gasteiger partial charge in [0, 0.05) is 25.9 Å². The Balaban J connectivity index is 1.53. The van der Waals surface area contributed by atoms with Crippen molar-refractivity contribution in [1.82, 2.24) is 4.90 Å². The second-order valence-electron chi connectivity index (χ2n) is 7.64. The molecular weight excluding hydrogens is 318 g/mol. The van der Waals surface area contributed by atoms with E-state index >= 15 is 0 Å². The lowest BCUT2D eigenvalue weighted by molar-refractivity contribution is -0.222. The molecule has 5 heteroatoms. The molecule has 4 rings (SSSR count). The Morgan fingerprint density at radius 1 is 1.24 bits per heavy atom. The van der Waals surface area contributed by atoms with E-state index in [1.165, 1.54) is 12.7 Å². The summed E-state index contributed by atoms with van der Waals surface area (Å²) in [6.45, 7) is 3.96. The van der Waals surface area contributed by atoms with Gasteiger partial charge in [0.05, 0.1) is 25.7 Å². The molecule has 0 aromatic heterocycles. The monoisotopic (exact) mass is 345 g/mol. The highest BCUT2D eigenvalue weighted by atomic mass is 16.7. The Kier molecular flexibility index (Phi) is 4.56. The van der Waals surface area contributed by atoms with E-state index in [1.54, 1.807) is 0 Å². The van der Waals surface area contributed by atoms with Gasteiger partial charge in [0.2, 0.25) is 0 Å². The number of nitrogens with zero attached hydrogens (tertiary/aromatic N) is 1. The Bertz CT molecular complexity index is 613. The van der Waals surface area contributed by atoms with Crippen LogP contribution in [0.5, 0.6) is 0 Å². The molecule has 136 valence electrons. The van der Waals surface area contributed by atoms with Gasteiger partial charge in [0.15, 0.2) is 5.79 Å². The topological polar surface area (TPSA) is 48.0 Å². The molecular formula is C20H27NO4. The number of ether oxygens (including phenoxy) is 3. The summed E-state index contributed by atoms with van der Waals surface area (Å²) in [5.41, 5.74) is 0.859. The molecule has 25 heavy (non-hydrogen) atoms. The maximum Gasteiger partial charge on any atom is 0.313 e. The van der Waals surface area contributed by atoms with Crippen molar-refractivity contribution in [2.75, 3.05) is 33.4 Å². The smallest absolute Gasteiger partial charge is 0.313 e. The summed E-state index contributed by atoms with van der Waals surface area (Å²) in [5, 5.41) is 0. The van der Waals surface area contributed by atoms with Crippen LogP contribution in [0.25, 0.3) is 0 Å². The van der Waals surface area contributed by atoms with E-state index in [4.69, 9.17) is 14.2 Å². The van der Waals surface area contributed by atoms with Gasteiger partial charge < -0.3 is 14.2 Å². The van der Waals surface area contributed by atoms with Crippen LogP contribution in [0.2, 0.25) is 0 Å². The number of carbonyl (C=O) groups excluding carboxylic acids is 1. The van der Waals surface area contributed by atoms with Crippen LogP contribution in [0.15, 0.2) is 30.3 Å². The highest BCUT2D eigenvalue weighted by Crippen LogP contribution is 2.52. The van der Waals surface area contributed by atoms with Crippen LogP contribution >= 0.6 is 0 Å². The van der Waals surface area contributed by atoms with Crippen LogP contribution in [0, 0.1) is 11.3 Å². The third-order valence-corrected chi connectivity index (χ3v) is 6.24. The number of hydrogen-bond acceptors (Lipinski definition) is 5. The summed E-state index contributed by atoms with van der Waals surface area (Å²) in [6, 6.07) is 10.5. The number of carbonyl (C=O) groups is 1. The van der Waals surface area contributed by atoms with E-state index in [0.717, 1.165) is 45.3 Å². The number of methoxy groups -OCH3 is 1. The zero-order valence-corrected chi connectivity index (χ0v) is 14.9. The number of piperidine rings is 1. The molecule has 0 amide bonds. The van der Waals surface area contributed by atoms with Crippen LogP contribution in [0.4, 0.5) is 0 Å². The van der Waals surface area contributed by atoms with Crippen molar-refractivity contribution in [3.8, 4) is 0 Å². The van der Waals surface area contributed by atoms with Gasteiger partial charge in [-0.05, 0) is 30.9 Å². The highest BCUT2D eigenvalue weighted by Gasteiger charge is 2.58. The maximum atomic E-state index is 12.8. The summed E-state index contributed by atoms with van der Waals surface area (Å²) in [7, 11) is 1.51. The minimum absolute atomic E-state index is 0.0666. The van der Waals surface area contributed by atoms with Gasteiger partial charge in [-0.3, -0.25) is 9.69 Å². The van der Waals surface area contributed by atoms with Gasteiger partial charge in [0.1, 0.15) is 0 Å². The first-order valence-corrected chi connectivity index (χ1v) is 9.28. The number of hydrogen-bond donors (Lipinski definition) is 0. The normalized spacial score (nSPS) is 31.6. The molecule has 3 aliphatic rings. The minimum atomic E-state index is -0.455. The van der Waals surface area contributed by atoms with Crippen molar-refractivity contribution in [2.45, 2.75) is 38.0 Å². The van der Waals surface area contributed by atoms with Crippen molar-refractivity contribution in [3.63, 3.8) is 0 Å². The van der Waals surface area contributed by atoms with Crippen molar-refractivity contribution in [3.05, 3.63) is 35.9 Å².